The third kappa shape index (κ3) is 3.89. The number of ether oxygens (including phenoxy) is 1. The van der Waals surface area contributed by atoms with E-state index in [0.29, 0.717) is 24.4 Å². The minimum absolute atomic E-state index is 0.0291. The molecule has 27 heavy (non-hydrogen) atoms. The maximum absolute atomic E-state index is 12.8. The van der Waals surface area contributed by atoms with Gasteiger partial charge in [-0.15, -0.1) is 11.3 Å². The van der Waals surface area contributed by atoms with Crippen molar-refractivity contribution in [3.05, 3.63) is 58.6 Å². The van der Waals surface area contributed by atoms with E-state index in [1.54, 1.807) is 24.7 Å². The Bertz CT molecular complexity index is 899. The summed E-state index contributed by atoms with van der Waals surface area (Å²) in [4.78, 5) is 21.7. The van der Waals surface area contributed by atoms with E-state index in [2.05, 4.69) is 9.88 Å². The Hall–Kier alpha value is -2.64. The van der Waals surface area contributed by atoms with Crippen LogP contribution in [0.5, 0.6) is 5.75 Å². The Kier molecular flexibility index (Phi) is 5.22. The number of rotatable bonds is 5. The molecule has 1 aromatic carbocycles. The van der Waals surface area contributed by atoms with Gasteiger partial charge < -0.3 is 14.1 Å². The smallest absolute Gasteiger partial charge is 0.257 e. The second-order valence-electron chi connectivity index (χ2n) is 6.37. The van der Waals surface area contributed by atoms with Crippen LogP contribution in [0.25, 0.3) is 11.5 Å². The highest BCUT2D eigenvalue weighted by Gasteiger charge is 2.24. The van der Waals surface area contributed by atoms with Gasteiger partial charge in [0, 0.05) is 31.6 Å². The van der Waals surface area contributed by atoms with Crippen LogP contribution in [-0.4, -0.2) is 54.0 Å². The minimum atomic E-state index is 0.0291. The van der Waals surface area contributed by atoms with Crippen LogP contribution < -0.4 is 4.74 Å². The molecule has 3 aromatic rings. The SMILES string of the molecule is COc1ccccc1C(=O)N1CCN(Cc2nc(-c3ccco3)cs2)CC1. The van der Waals surface area contributed by atoms with Crippen molar-refractivity contribution in [2.45, 2.75) is 6.54 Å². The topological polar surface area (TPSA) is 58.8 Å². The zero-order chi connectivity index (χ0) is 18.6. The first kappa shape index (κ1) is 17.8. The van der Waals surface area contributed by atoms with Crippen LogP contribution in [0.15, 0.2) is 52.5 Å². The Labute approximate surface area is 162 Å². The summed E-state index contributed by atoms with van der Waals surface area (Å²) in [6.45, 7) is 3.86. The number of carbonyl (C=O) groups excluding carboxylic acids is 1. The number of hydrogen-bond acceptors (Lipinski definition) is 6. The van der Waals surface area contributed by atoms with Gasteiger partial charge in [0.1, 0.15) is 16.5 Å². The average molecular weight is 383 g/mol. The third-order valence-electron chi connectivity index (χ3n) is 4.68. The molecular formula is C20H21N3O3S. The van der Waals surface area contributed by atoms with Crippen LogP contribution in [0.4, 0.5) is 0 Å². The molecule has 0 saturated carbocycles. The van der Waals surface area contributed by atoms with Crippen LogP contribution in [0, 0.1) is 0 Å². The van der Waals surface area contributed by atoms with Crippen molar-refractivity contribution in [1.82, 2.24) is 14.8 Å². The van der Waals surface area contributed by atoms with E-state index in [4.69, 9.17) is 9.15 Å². The maximum atomic E-state index is 12.8. The highest BCUT2D eigenvalue weighted by atomic mass is 32.1. The second-order valence-corrected chi connectivity index (χ2v) is 7.32. The van der Waals surface area contributed by atoms with Gasteiger partial charge in [-0.1, -0.05) is 12.1 Å². The van der Waals surface area contributed by atoms with Crippen molar-refractivity contribution in [2.24, 2.45) is 0 Å². The Balaban J connectivity index is 1.34. The first-order valence-electron chi connectivity index (χ1n) is 8.87. The molecule has 0 aliphatic carbocycles. The number of piperazine rings is 1. The number of methoxy groups -OCH3 is 1. The normalized spacial score (nSPS) is 15.1. The quantitative estimate of drug-likeness (QED) is 0.676. The molecule has 2 aromatic heterocycles. The first-order chi connectivity index (χ1) is 13.2. The monoisotopic (exact) mass is 383 g/mol. The summed E-state index contributed by atoms with van der Waals surface area (Å²) in [5.41, 5.74) is 1.50. The summed E-state index contributed by atoms with van der Waals surface area (Å²) in [5.74, 6) is 1.45. The van der Waals surface area contributed by atoms with Gasteiger partial charge in [0.05, 0.1) is 25.5 Å². The number of thiazole rings is 1. The second kappa shape index (κ2) is 7.94. The number of carbonyl (C=O) groups is 1. The largest absolute Gasteiger partial charge is 0.496 e. The molecule has 0 bridgehead atoms. The zero-order valence-corrected chi connectivity index (χ0v) is 15.9. The predicted molar refractivity (Wildman–Crippen MR) is 104 cm³/mol. The lowest BCUT2D eigenvalue weighted by Crippen LogP contribution is -2.48. The fourth-order valence-corrected chi connectivity index (χ4v) is 4.04. The number of benzene rings is 1. The molecule has 1 aliphatic heterocycles. The minimum Gasteiger partial charge on any atom is -0.496 e. The molecule has 1 saturated heterocycles. The Morgan fingerprint density at radius 3 is 2.74 bits per heavy atom. The molecule has 0 atom stereocenters. The number of nitrogens with zero attached hydrogens (tertiary/aromatic N) is 3. The van der Waals surface area contributed by atoms with Crippen molar-refractivity contribution in [2.75, 3.05) is 33.3 Å². The first-order valence-corrected chi connectivity index (χ1v) is 9.75. The molecule has 3 heterocycles. The van der Waals surface area contributed by atoms with Crippen LogP contribution in [0.3, 0.4) is 0 Å². The van der Waals surface area contributed by atoms with Gasteiger partial charge >= 0.3 is 0 Å². The molecule has 0 N–H and O–H groups in total. The highest BCUT2D eigenvalue weighted by Crippen LogP contribution is 2.24. The summed E-state index contributed by atoms with van der Waals surface area (Å²) in [6.07, 6.45) is 1.66. The number of para-hydroxylation sites is 1. The van der Waals surface area contributed by atoms with Gasteiger partial charge in [0.2, 0.25) is 0 Å². The lowest BCUT2D eigenvalue weighted by Gasteiger charge is -2.34. The van der Waals surface area contributed by atoms with E-state index < -0.39 is 0 Å². The molecule has 140 valence electrons. The van der Waals surface area contributed by atoms with E-state index >= 15 is 0 Å². The number of aromatic nitrogens is 1. The summed E-state index contributed by atoms with van der Waals surface area (Å²) in [7, 11) is 1.59. The van der Waals surface area contributed by atoms with Gasteiger partial charge in [0.25, 0.3) is 5.91 Å². The summed E-state index contributed by atoms with van der Waals surface area (Å²) >= 11 is 1.64. The van der Waals surface area contributed by atoms with E-state index in [0.717, 1.165) is 36.1 Å². The lowest BCUT2D eigenvalue weighted by molar-refractivity contribution is 0.0625. The molecular weight excluding hydrogens is 362 g/mol. The van der Waals surface area contributed by atoms with Gasteiger partial charge in [-0.2, -0.15) is 0 Å². The standard InChI is InChI=1S/C20H21N3O3S/c1-25-17-6-3-2-5-15(17)20(24)23-10-8-22(9-11-23)13-19-21-16(14-27-19)18-7-4-12-26-18/h2-7,12,14H,8-11,13H2,1H3. The van der Waals surface area contributed by atoms with Crippen molar-refractivity contribution in [3.63, 3.8) is 0 Å². The van der Waals surface area contributed by atoms with E-state index in [9.17, 15) is 4.79 Å². The molecule has 0 spiro atoms. The van der Waals surface area contributed by atoms with Crippen LogP contribution in [0.1, 0.15) is 15.4 Å². The van der Waals surface area contributed by atoms with Gasteiger partial charge in [-0.05, 0) is 24.3 Å². The molecule has 1 amide bonds. The fraction of sp³-hybridized carbons (Fsp3) is 0.300. The van der Waals surface area contributed by atoms with Crippen molar-refractivity contribution in [1.29, 1.82) is 0 Å². The Morgan fingerprint density at radius 1 is 1.19 bits per heavy atom. The van der Waals surface area contributed by atoms with Gasteiger partial charge in [-0.3, -0.25) is 9.69 Å². The molecule has 0 unspecified atom stereocenters. The molecule has 7 heteroatoms. The molecule has 6 nitrogen and oxygen atoms in total. The van der Waals surface area contributed by atoms with Crippen molar-refractivity contribution in [3.8, 4) is 17.2 Å². The molecule has 4 rings (SSSR count). The molecule has 1 aliphatic rings. The maximum Gasteiger partial charge on any atom is 0.257 e. The van der Waals surface area contributed by atoms with Crippen LogP contribution in [0.2, 0.25) is 0 Å². The highest BCUT2D eigenvalue weighted by molar-refractivity contribution is 7.09. The van der Waals surface area contributed by atoms with Crippen LogP contribution >= 0.6 is 11.3 Å². The van der Waals surface area contributed by atoms with Crippen molar-refractivity contribution >= 4 is 17.2 Å². The van der Waals surface area contributed by atoms with E-state index in [-0.39, 0.29) is 5.91 Å². The number of hydrogen-bond donors (Lipinski definition) is 0. The third-order valence-corrected chi connectivity index (χ3v) is 5.51. The van der Waals surface area contributed by atoms with E-state index in [1.165, 1.54) is 0 Å². The van der Waals surface area contributed by atoms with Gasteiger partial charge in [-0.25, -0.2) is 4.98 Å². The van der Waals surface area contributed by atoms with Gasteiger partial charge in [0.15, 0.2) is 5.76 Å². The lowest BCUT2D eigenvalue weighted by atomic mass is 10.1. The summed E-state index contributed by atoms with van der Waals surface area (Å²) in [5, 5.41) is 3.08. The summed E-state index contributed by atoms with van der Waals surface area (Å²) in [6, 6.07) is 11.2. The van der Waals surface area contributed by atoms with E-state index in [1.807, 2.05) is 46.7 Å². The predicted octanol–water partition coefficient (Wildman–Crippen LogP) is 3.37. The van der Waals surface area contributed by atoms with Crippen molar-refractivity contribution < 1.29 is 13.9 Å². The zero-order valence-electron chi connectivity index (χ0n) is 15.1. The Morgan fingerprint density at radius 2 is 2.00 bits per heavy atom. The number of furan rings is 1. The average Bonchev–Trinajstić information content (AvgIpc) is 3.40. The fourth-order valence-electron chi connectivity index (χ4n) is 3.21. The molecule has 1 fully saturated rings. The number of amides is 1. The van der Waals surface area contributed by atoms with Crippen LogP contribution in [-0.2, 0) is 6.54 Å². The summed E-state index contributed by atoms with van der Waals surface area (Å²) < 4.78 is 10.7. The molecule has 0 radical (unpaired) electrons.